The van der Waals surface area contributed by atoms with Gasteiger partial charge in [0.25, 0.3) is 5.56 Å². The van der Waals surface area contributed by atoms with Crippen LogP contribution in [0.25, 0.3) is 0 Å². The van der Waals surface area contributed by atoms with Gasteiger partial charge in [-0.3, -0.25) is 4.79 Å². The van der Waals surface area contributed by atoms with Gasteiger partial charge in [-0.2, -0.15) is 0 Å². The lowest BCUT2D eigenvalue weighted by Gasteiger charge is -2.13. The minimum absolute atomic E-state index is 0.0584. The maximum absolute atomic E-state index is 11.5. The second-order valence-corrected chi connectivity index (χ2v) is 4.92. The third kappa shape index (κ3) is 4.30. The van der Waals surface area contributed by atoms with Crippen LogP contribution in [-0.4, -0.2) is 21.1 Å². The van der Waals surface area contributed by atoms with Crippen molar-refractivity contribution in [3.8, 4) is 5.88 Å². The van der Waals surface area contributed by atoms with E-state index in [-0.39, 0.29) is 11.7 Å². The summed E-state index contributed by atoms with van der Waals surface area (Å²) < 4.78 is 5.66. The number of aromatic nitrogens is 3. The third-order valence-corrected chi connectivity index (χ3v) is 2.78. The molecular formula is C15H20N4O2. The van der Waals surface area contributed by atoms with Crippen LogP contribution in [0.1, 0.15) is 32.2 Å². The average molecular weight is 288 g/mol. The van der Waals surface area contributed by atoms with Crippen LogP contribution in [0.2, 0.25) is 0 Å². The number of rotatable bonds is 6. The van der Waals surface area contributed by atoms with Gasteiger partial charge in [0.2, 0.25) is 5.88 Å². The molecule has 0 radical (unpaired) electrons. The third-order valence-electron chi connectivity index (χ3n) is 2.78. The first-order chi connectivity index (χ1) is 10.1. The van der Waals surface area contributed by atoms with Gasteiger partial charge in [0.1, 0.15) is 11.6 Å². The Balaban J connectivity index is 2.13. The molecule has 0 atom stereocenters. The Morgan fingerprint density at radius 1 is 1.43 bits per heavy atom. The fraction of sp³-hybridized carbons (Fsp3) is 0.400. The predicted molar refractivity (Wildman–Crippen MR) is 81.6 cm³/mol. The molecule has 6 heteroatoms. The van der Waals surface area contributed by atoms with Crippen molar-refractivity contribution < 1.29 is 4.74 Å². The summed E-state index contributed by atoms with van der Waals surface area (Å²) in [5, 5.41) is 3.14. The number of pyridine rings is 1. The van der Waals surface area contributed by atoms with E-state index < -0.39 is 0 Å². The highest BCUT2D eigenvalue weighted by atomic mass is 16.5. The molecule has 2 rings (SSSR count). The minimum atomic E-state index is -0.158. The molecule has 0 saturated carbocycles. The number of ether oxygens (including phenoxy) is 1. The molecule has 0 aliphatic rings. The van der Waals surface area contributed by atoms with Crippen LogP contribution >= 0.6 is 0 Å². The SMILES string of the molecule is CCc1nc(NCc2cccnc2OC(C)C)cc(=O)[nH]1. The number of nitrogens with zero attached hydrogens (tertiary/aromatic N) is 2. The zero-order valence-corrected chi connectivity index (χ0v) is 12.5. The molecule has 0 aliphatic heterocycles. The fourth-order valence-corrected chi connectivity index (χ4v) is 1.84. The van der Waals surface area contributed by atoms with Gasteiger partial charge in [0.15, 0.2) is 0 Å². The van der Waals surface area contributed by atoms with Crippen LogP contribution < -0.4 is 15.6 Å². The first-order valence-electron chi connectivity index (χ1n) is 7.03. The normalized spacial score (nSPS) is 10.7. The smallest absolute Gasteiger partial charge is 0.252 e. The van der Waals surface area contributed by atoms with Crippen molar-refractivity contribution in [2.75, 3.05) is 5.32 Å². The number of H-pyrrole nitrogens is 1. The molecule has 6 nitrogen and oxygen atoms in total. The van der Waals surface area contributed by atoms with E-state index in [1.807, 2.05) is 32.9 Å². The number of hydrogen-bond donors (Lipinski definition) is 2. The number of anilines is 1. The molecule has 0 spiro atoms. The number of aryl methyl sites for hydroxylation is 1. The topological polar surface area (TPSA) is 79.9 Å². The Morgan fingerprint density at radius 3 is 2.95 bits per heavy atom. The second kappa shape index (κ2) is 6.88. The molecule has 21 heavy (non-hydrogen) atoms. The highest BCUT2D eigenvalue weighted by Crippen LogP contribution is 2.17. The first kappa shape index (κ1) is 15.0. The van der Waals surface area contributed by atoms with Crippen LogP contribution in [0.15, 0.2) is 29.2 Å². The standard InChI is InChI=1S/C15H20N4O2/c1-4-12-18-13(8-14(20)19-12)17-9-11-6-5-7-16-15(11)21-10(2)3/h5-8,10H,4,9H2,1-3H3,(H2,17,18,19,20). The van der Waals surface area contributed by atoms with Gasteiger partial charge in [-0.05, 0) is 19.9 Å². The zero-order valence-electron chi connectivity index (χ0n) is 12.5. The van der Waals surface area contributed by atoms with Crippen LogP contribution in [0.3, 0.4) is 0 Å². The predicted octanol–water partition coefficient (Wildman–Crippen LogP) is 2.13. The van der Waals surface area contributed by atoms with Gasteiger partial charge < -0.3 is 15.0 Å². The monoisotopic (exact) mass is 288 g/mol. The largest absolute Gasteiger partial charge is 0.475 e. The lowest BCUT2D eigenvalue weighted by atomic mass is 10.2. The number of hydrogen-bond acceptors (Lipinski definition) is 5. The van der Waals surface area contributed by atoms with Crippen molar-refractivity contribution in [3.63, 3.8) is 0 Å². The summed E-state index contributed by atoms with van der Waals surface area (Å²) in [6.07, 6.45) is 2.43. The van der Waals surface area contributed by atoms with E-state index in [2.05, 4.69) is 20.3 Å². The summed E-state index contributed by atoms with van der Waals surface area (Å²) in [5.74, 6) is 1.81. The summed E-state index contributed by atoms with van der Waals surface area (Å²) in [5.41, 5.74) is 0.764. The van der Waals surface area contributed by atoms with E-state index in [1.165, 1.54) is 6.07 Å². The van der Waals surface area contributed by atoms with Crippen LogP contribution in [-0.2, 0) is 13.0 Å². The highest BCUT2D eigenvalue weighted by molar-refractivity contribution is 5.36. The maximum Gasteiger partial charge on any atom is 0.252 e. The molecule has 0 amide bonds. The molecule has 0 aliphatic carbocycles. The van der Waals surface area contributed by atoms with Gasteiger partial charge >= 0.3 is 0 Å². The summed E-state index contributed by atoms with van der Waals surface area (Å²) in [6.45, 7) is 6.35. The maximum atomic E-state index is 11.5. The molecule has 2 N–H and O–H groups in total. The zero-order chi connectivity index (χ0) is 15.2. The summed E-state index contributed by atoms with van der Waals surface area (Å²) in [6, 6.07) is 5.23. The van der Waals surface area contributed by atoms with E-state index in [9.17, 15) is 4.79 Å². The summed E-state index contributed by atoms with van der Waals surface area (Å²) >= 11 is 0. The van der Waals surface area contributed by atoms with Crippen molar-refractivity contribution in [2.45, 2.75) is 39.8 Å². The molecule has 2 heterocycles. The van der Waals surface area contributed by atoms with E-state index in [0.29, 0.717) is 30.5 Å². The molecule has 2 aromatic heterocycles. The Bertz CT molecular complexity index is 652. The highest BCUT2D eigenvalue weighted by Gasteiger charge is 2.07. The minimum Gasteiger partial charge on any atom is -0.475 e. The van der Waals surface area contributed by atoms with Gasteiger partial charge in [0.05, 0.1) is 6.10 Å². The molecule has 0 aromatic carbocycles. The van der Waals surface area contributed by atoms with E-state index in [4.69, 9.17) is 4.74 Å². The van der Waals surface area contributed by atoms with E-state index >= 15 is 0 Å². The summed E-state index contributed by atoms with van der Waals surface area (Å²) in [4.78, 5) is 22.8. The Hall–Kier alpha value is -2.37. The van der Waals surface area contributed by atoms with Crippen molar-refractivity contribution in [2.24, 2.45) is 0 Å². The molecule has 0 bridgehead atoms. The molecule has 0 unspecified atom stereocenters. The van der Waals surface area contributed by atoms with Crippen molar-refractivity contribution >= 4 is 5.82 Å². The lowest BCUT2D eigenvalue weighted by Crippen LogP contribution is -2.14. The Labute approximate surface area is 123 Å². The Kier molecular flexibility index (Phi) is 4.92. The molecular weight excluding hydrogens is 268 g/mol. The lowest BCUT2D eigenvalue weighted by molar-refractivity contribution is 0.230. The van der Waals surface area contributed by atoms with Crippen LogP contribution in [0.4, 0.5) is 5.82 Å². The van der Waals surface area contributed by atoms with E-state index in [0.717, 1.165) is 5.56 Å². The molecule has 112 valence electrons. The van der Waals surface area contributed by atoms with Crippen molar-refractivity contribution in [1.82, 2.24) is 15.0 Å². The van der Waals surface area contributed by atoms with E-state index in [1.54, 1.807) is 6.20 Å². The molecule has 0 fully saturated rings. The van der Waals surface area contributed by atoms with Crippen molar-refractivity contribution in [1.29, 1.82) is 0 Å². The van der Waals surface area contributed by atoms with Gasteiger partial charge in [-0.25, -0.2) is 9.97 Å². The number of nitrogens with one attached hydrogen (secondary N) is 2. The molecule has 0 saturated heterocycles. The molecule has 2 aromatic rings. The van der Waals surface area contributed by atoms with Gasteiger partial charge in [-0.15, -0.1) is 0 Å². The first-order valence-corrected chi connectivity index (χ1v) is 7.03. The van der Waals surface area contributed by atoms with Crippen LogP contribution in [0, 0.1) is 0 Å². The van der Waals surface area contributed by atoms with Gasteiger partial charge in [0, 0.05) is 30.8 Å². The van der Waals surface area contributed by atoms with Gasteiger partial charge in [-0.1, -0.05) is 13.0 Å². The second-order valence-electron chi connectivity index (χ2n) is 4.92. The number of aromatic amines is 1. The fourth-order valence-electron chi connectivity index (χ4n) is 1.84. The van der Waals surface area contributed by atoms with Crippen LogP contribution in [0.5, 0.6) is 5.88 Å². The average Bonchev–Trinajstić information content (AvgIpc) is 2.45. The Morgan fingerprint density at radius 2 is 2.24 bits per heavy atom. The summed E-state index contributed by atoms with van der Waals surface area (Å²) in [7, 11) is 0. The van der Waals surface area contributed by atoms with Crippen molar-refractivity contribution in [3.05, 3.63) is 46.1 Å². The quantitative estimate of drug-likeness (QED) is 0.851.